The first-order valence-electron chi connectivity index (χ1n) is 7.60. The molecule has 2 rings (SSSR count). The van der Waals surface area contributed by atoms with Gasteiger partial charge in [0.05, 0.1) is 11.7 Å². The molecule has 1 aromatic carbocycles. The zero-order chi connectivity index (χ0) is 16.2. The van der Waals surface area contributed by atoms with E-state index in [1.54, 1.807) is 11.3 Å². The second kappa shape index (κ2) is 7.05. The molecule has 0 saturated heterocycles. The molecule has 3 nitrogen and oxygen atoms in total. The minimum Gasteiger partial charge on any atom is -0.346 e. The second-order valence-corrected chi connectivity index (χ2v) is 7.31. The van der Waals surface area contributed by atoms with E-state index < -0.39 is 5.41 Å². The van der Waals surface area contributed by atoms with Gasteiger partial charge in [-0.1, -0.05) is 52.0 Å². The van der Waals surface area contributed by atoms with E-state index >= 15 is 0 Å². The van der Waals surface area contributed by atoms with Gasteiger partial charge in [-0.15, -0.1) is 11.3 Å². The lowest BCUT2D eigenvalue weighted by atomic mass is 9.94. The van der Waals surface area contributed by atoms with Crippen molar-refractivity contribution in [2.24, 2.45) is 5.41 Å². The molecular formula is C18H23N2OS. The molecule has 1 heterocycles. The Morgan fingerprint density at radius 3 is 2.59 bits per heavy atom. The molecule has 4 heteroatoms. The lowest BCUT2D eigenvalue weighted by Crippen LogP contribution is -2.38. The summed E-state index contributed by atoms with van der Waals surface area (Å²) in [5.74, 6) is 0.0493. The zero-order valence-electron chi connectivity index (χ0n) is 13.6. The van der Waals surface area contributed by atoms with Crippen molar-refractivity contribution in [3.05, 3.63) is 52.0 Å². The maximum Gasteiger partial charge on any atom is 0.225 e. The van der Waals surface area contributed by atoms with Crippen molar-refractivity contribution in [2.75, 3.05) is 0 Å². The highest BCUT2D eigenvalue weighted by Crippen LogP contribution is 2.24. The number of nitrogens with zero attached hydrogens (tertiary/aromatic N) is 1. The van der Waals surface area contributed by atoms with Crippen molar-refractivity contribution >= 4 is 17.2 Å². The van der Waals surface area contributed by atoms with Crippen LogP contribution in [-0.4, -0.2) is 10.9 Å². The first-order valence-corrected chi connectivity index (χ1v) is 8.48. The van der Waals surface area contributed by atoms with Gasteiger partial charge in [-0.25, -0.2) is 4.98 Å². The summed E-state index contributed by atoms with van der Waals surface area (Å²) in [5.41, 5.74) is 1.84. The number of rotatable bonds is 5. The minimum atomic E-state index is -0.409. The summed E-state index contributed by atoms with van der Waals surface area (Å²) in [6.07, 6.45) is 1.66. The van der Waals surface area contributed by atoms with Crippen molar-refractivity contribution in [2.45, 2.75) is 46.6 Å². The molecule has 0 bridgehead atoms. The Bertz CT molecular complexity index is 614. The Kier molecular flexibility index (Phi) is 5.35. The van der Waals surface area contributed by atoms with Crippen molar-refractivity contribution in [1.82, 2.24) is 10.3 Å². The summed E-state index contributed by atoms with van der Waals surface area (Å²) >= 11 is 1.62. The van der Waals surface area contributed by atoms with E-state index in [1.807, 2.05) is 45.0 Å². The fourth-order valence-electron chi connectivity index (χ4n) is 2.01. The number of carbonyl (C=O) groups excluding carboxylic acids is 1. The Morgan fingerprint density at radius 1 is 1.36 bits per heavy atom. The third-order valence-corrected chi connectivity index (χ3v) is 4.45. The molecule has 2 aromatic rings. The number of nitrogens with one attached hydrogen (secondary N) is 1. The van der Waals surface area contributed by atoms with E-state index in [0.717, 1.165) is 23.5 Å². The Morgan fingerprint density at radius 2 is 2.05 bits per heavy atom. The lowest BCUT2D eigenvalue weighted by Gasteiger charge is -2.23. The SMILES string of the molecule is CCc1csc([C@H](Cc2cc[c]cc2)NC(=O)C(C)(C)C)n1. The van der Waals surface area contributed by atoms with Crippen molar-refractivity contribution < 1.29 is 4.79 Å². The quantitative estimate of drug-likeness (QED) is 0.907. The van der Waals surface area contributed by atoms with Crippen molar-refractivity contribution in [1.29, 1.82) is 0 Å². The van der Waals surface area contributed by atoms with Gasteiger partial charge in [-0.05, 0) is 24.5 Å². The molecule has 1 atom stereocenters. The highest BCUT2D eigenvalue weighted by atomic mass is 32.1. The summed E-state index contributed by atoms with van der Waals surface area (Å²) in [4.78, 5) is 17.0. The minimum absolute atomic E-state index is 0.0493. The van der Waals surface area contributed by atoms with Crippen LogP contribution in [0.5, 0.6) is 0 Å². The highest BCUT2D eigenvalue weighted by Gasteiger charge is 2.26. The topological polar surface area (TPSA) is 42.0 Å². The van der Waals surface area contributed by atoms with Gasteiger partial charge in [-0.3, -0.25) is 4.79 Å². The molecule has 1 amide bonds. The zero-order valence-corrected chi connectivity index (χ0v) is 14.5. The van der Waals surface area contributed by atoms with E-state index in [4.69, 9.17) is 0 Å². The number of aromatic nitrogens is 1. The van der Waals surface area contributed by atoms with Gasteiger partial charge in [-0.2, -0.15) is 0 Å². The van der Waals surface area contributed by atoms with Crippen LogP contribution in [0.4, 0.5) is 0 Å². The van der Waals surface area contributed by atoms with E-state index in [1.165, 1.54) is 5.56 Å². The molecule has 0 spiro atoms. The standard InChI is InChI=1S/C18H23N2OS/c1-5-14-12-22-16(19-14)15(20-17(21)18(2,3)4)11-13-9-7-6-8-10-13/h7-10,12,15H,5,11H2,1-4H3,(H,20,21)/t15-/m0/s1. The van der Waals surface area contributed by atoms with Crippen LogP contribution in [0.1, 0.15) is 50.0 Å². The van der Waals surface area contributed by atoms with Gasteiger partial charge in [0.15, 0.2) is 0 Å². The summed E-state index contributed by atoms with van der Waals surface area (Å²) in [5, 5.41) is 6.21. The monoisotopic (exact) mass is 315 g/mol. The average molecular weight is 315 g/mol. The molecule has 1 radical (unpaired) electrons. The van der Waals surface area contributed by atoms with Gasteiger partial charge in [0.2, 0.25) is 5.91 Å². The Balaban J connectivity index is 2.22. The first-order chi connectivity index (χ1) is 10.4. The molecule has 0 unspecified atom stereocenters. The second-order valence-electron chi connectivity index (χ2n) is 6.42. The number of benzene rings is 1. The van der Waals surface area contributed by atoms with Crippen LogP contribution in [0.15, 0.2) is 29.6 Å². The lowest BCUT2D eigenvalue weighted by molar-refractivity contribution is -0.129. The molecule has 117 valence electrons. The van der Waals surface area contributed by atoms with Gasteiger partial charge >= 0.3 is 0 Å². The van der Waals surface area contributed by atoms with Crippen LogP contribution in [0.25, 0.3) is 0 Å². The molecule has 0 aliphatic carbocycles. The number of thiazole rings is 1. The van der Waals surface area contributed by atoms with Gasteiger partial charge < -0.3 is 5.32 Å². The molecule has 0 aliphatic heterocycles. The summed E-state index contributed by atoms with van der Waals surface area (Å²) < 4.78 is 0. The van der Waals surface area contributed by atoms with Crippen LogP contribution in [0.3, 0.4) is 0 Å². The molecule has 22 heavy (non-hydrogen) atoms. The molecule has 0 aliphatic rings. The van der Waals surface area contributed by atoms with E-state index in [2.05, 4.69) is 28.7 Å². The first kappa shape index (κ1) is 16.7. The van der Waals surface area contributed by atoms with Crippen LogP contribution < -0.4 is 5.32 Å². The number of carbonyl (C=O) groups is 1. The molecule has 0 saturated carbocycles. The number of aryl methyl sites for hydroxylation is 1. The number of hydrogen-bond acceptors (Lipinski definition) is 3. The largest absolute Gasteiger partial charge is 0.346 e. The van der Waals surface area contributed by atoms with E-state index in [9.17, 15) is 4.79 Å². The summed E-state index contributed by atoms with van der Waals surface area (Å²) in [7, 11) is 0. The average Bonchev–Trinajstić information content (AvgIpc) is 2.95. The normalized spacial score (nSPS) is 12.9. The number of hydrogen-bond donors (Lipinski definition) is 1. The highest BCUT2D eigenvalue weighted by molar-refractivity contribution is 7.09. The van der Waals surface area contributed by atoms with Crippen LogP contribution >= 0.6 is 11.3 Å². The van der Waals surface area contributed by atoms with E-state index in [-0.39, 0.29) is 11.9 Å². The summed E-state index contributed by atoms with van der Waals surface area (Å²) in [6, 6.07) is 10.8. The third kappa shape index (κ3) is 4.41. The Labute approximate surface area is 136 Å². The van der Waals surface area contributed by atoms with Gasteiger partial charge in [0, 0.05) is 10.8 Å². The predicted molar refractivity (Wildman–Crippen MR) is 90.8 cm³/mol. The Hall–Kier alpha value is -1.68. The third-order valence-electron chi connectivity index (χ3n) is 3.44. The van der Waals surface area contributed by atoms with E-state index in [0.29, 0.717) is 0 Å². The summed E-state index contributed by atoms with van der Waals surface area (Å²) in [6.45, 7) is 7.87. The maximum absolute atomic E-state index is 12.4. The molecule has 1 aromatic heterocycles. The molecule has 1 N–H and O–H groups in total. The number of amides is 1. The van der Waals surface area contributed by atoms with Gasteiger partial charge in [0.1, 0.15) is 5.01 Å². The smallest absolute Gasteiger partial charge is 0.225 e. The molecule has 0 fully saturated rings. The maximum atomic E-state index is 12.4. The van der Waals surface area contributed by atoms with Crippen molar-refractivity contribution in [3.63, 3.8) is 0 Å². The fourth-order valence-corrected chi connectivity index (χ4v) is 2.97. The van der Waals surface area contributed by atoms with Crippen LogP contribution in [-0.2, 0) is 17.6 Å². The molecular weight excluding hydrogens is 292 g/mol. The van der Waals surface area contributed by atoms with Crippen LogP contribution in [0, 0.1) is 11.5 Å². The predicted octanol–water partition coefficient (Wildman–Crippen LogP) is 3.95. The van der Waals surface area contributed by atoms with Crippen LogP contribution in [0.2, 0.25) is 0 Å². The van der Waals surface area contributed by atoms with Gasteiger partial charge in [0.25, 0.3) is 0 Å². The van der Waals surface area contributed by atoms with Crippen molar-refractivity contribution in [3.8, 4) is 0 Å². The fraction of sp³-hybridized carbons (Fsp3) is 0.444.